The van der Waals surface area contributed by atoms with Crippen LogP contribution in [-0.2, 0) is 0 Å². The average Bonchev–Trinajstić information content (AvgIpc) is 3.40. The molecule has 1 N–H and O–H groups in total. The van der Waals surface area contributed by atoms with Gasteiger partial charge in [-0.2, -0.15) is 0 Å². The number of aliphatic hydroxyl groups excluding tert-OH is 1. The van der Waals surface area contributed by atoms with Crippen LogP contribution in [0.5, 0.6) is 11.5 Å². The average molecular weight is 481 g/mol. The van der Waals surface area contributed by atoms with Crippen molar-refractivity contribution in [2.24, 2.45) is 5.92 Å². The van der Waals surface area contributed by atoms with E-state index in [0.717, 1.165) is 63.5 Å². The molecule has 1 atom stereocenters. The first kappa shape index (κ1) is 26.0. The van der Waals surface area contributed by atoms with Crippen molar-refractivity contribution in [3.63, 3.8) is 0 Å². The molecule has 35 heavy (non-hydrogen) atoms. The molecular formula is C30H44N2O3. The van der Waals surface area contributed by atoms with E-state index in [9.17, 15) is 5.11 Å². The van der Waals surface area contributed by atoms with E-state index >= 15 is 0 Å². The summed E-state index contributed by atoms with van der Waals surface area (Å²) in [5, 5.41) is 9.45. The lowest BCUT2D eigenvalue weighted by molar-refractivity contribution is 0.115. The lowest BCUT2D eigenvalue weighted by atomic mass is 9.95. The molecule has 2 aliphatic rings. The van der Waals surface area contributed by atoms with Gasteiger partial charge in [0, 0.05) is 26.2 Å². The van der Waals surface area contributed by atoms with Gasteiger partial charge in [0.2, 0.25) is 0 Å². The van der Waals surface area contributed by atoms with Crippen LogP contribution in [0.25, 0.3) is 11.1 Å². The van der Waals surface area contributed by atoms with Gasteiger partial charge in [-0.1, -0.05) is 24.3 Å². The molecule has 5 heteroatoms. The van der Waals surface area contributed by atoms with Crippen LogP contribution in [0.15, 0.2) is 36.4 Å². The summed E-state index contributed by atoms with van der Waals surface area (Å²) in [6.07, 6.45) is 7.10. The zero-order valence-corrected chi connectivity index (χ0v) is 21.8. The van der Waals surface area contributed by atoms with E-state index in [4.69, 9.17) is 9.47 Å². The molecule has 192 valence electrons. The van der Waals surface area contributed by atoms with Crippen molar-refractivity contribution in [2.45, 2.75) is 52.4 Å². The number of piperidine rings is 1. The summed E-state index contributed by atoms with van der Waals surface area (Å²) in [6.45, 7) is 12.9. The van der Waals surface area contributed by atoms with Crippen LogP contribution < -0.4 is 9.47 Å². The Labute approximate surface area is 212 Å². The zero-order chi connectivity index (χ0) is 24.5. The van der Waals surface area contributed by atoms with Crippen molar-refractivity contribution in [1.82, 2.24) is 9.80 Å². The molecule has 2 aliphatic heterocycles. The lowest BCUT2D eigenvalue weighted by Crippen LogP contribution is -2.37. The van der Waals surface area contributed by atoms with E-state index < -0.39 is 0 Å². The summed E-state index contributed by atoms with van der Waals surface area (Å²) in [7, 11) is 0. The Kier molecular flexibility index (Phi) is 9.87. The minimum absolute atomic E-state index is 0.309. The van der Waals surface area contributed by atoms with Gasteiger partial charge >= 0.3 is 0 Å². The molecule has 0 bridgehead atoms. The Morgan fingerprint density at radius 1 is 0.771 bits per heavy atom. The molecule has 2 aromatic rings. The summed E-state index contributed by atoms with van der Waals surface area (Å²) in [4.78, 5) is 5.01. The van der Waals surface area contributed by atoms with Crippen LogP contribution in [0, 0.1) is 19.8 Å². The van der Waals surface area contributed by atoms with Gasteiger partial charge in [-0.05, 0) is 112 Å². The monoisotopic (exact) mass is 480 g/mol. The summed E-state index contributed by atoms with van der Waals surface area (Å²) in [6, 6.07) is 12.7. The number of hydrogen-bond donors (Lipinski definition) is 1. The van der Waals surface area contributed by atoms with Crippen molar-refractivity contribution in [3.8, 4) is 22.6 Å². The SMILES string of the molecule is Cc1c(OCCCN2CCCC2)cccc1-c1cccc(OCCCN2CCCC(CO)C2)c1C. The quantitative estimate of drug-likeness (QED) is 0.417. The van der Waals surface area contributed by atoms with Crippen molar-refractivity contribution in [3.05, 3.63) is 47.5 Å². The van der Waals surface area contributed by atoms with E-state index in [1.807, 2.05) is 0 Å². The maximum absolute atomic E-state index is 9.45. The third-order valence-electron chi connectivity index (χ3n) is 7.67. The van der Waals surface area contributed by atoms with Crippen LogP contribution >= 0.6 is 0 Å². The second-order valence-corrected chi connectivity index (χ2v) is 10.3. The van der Waals surface area contributed by atoms with Gasteiger partial charge < -0.3 is 24.4 Å². The summed E-state index contributed by atoms with van der Waals surface area (Å²) in [5.74, 6) is 2.39. The standard InChI is InChI=1S/C30H44N2O3/c1-24-27(11-5-13-29(24)34-20-8-18-31-15-3-4-16-31)28-12-6-14-30(25(28)2)35-21-9-19-32-17-7-10-26(22-32)23-33/h5-6,11-14,26,33H,3-4,7-10,15-23H2,1-2H3. The van der Waals surface area contributed by atoms with Gasteiger partial charge in [0.25, 0.3) is 0 Å². The molecule has 0 radical (unpaired) electrons. The van der Waals surface area contributed by atoms with Gasteiger partial charge in [0.05, 0.1) is 13.2 Å². The van der Waals surface area contributed by atoms with Crippen LogP contribution in [0.3, 0.4) is 0 Å². The van der Waals surface area contributed by atoms with Crippen molar-refractivity contribution in [1.29, 1.82) is 0 Å². The molecule has 0 spiro atoms. The molecule has 0 saturated carbocycles. The predicted molar refractivity (Wildman–Crippen MR) is 143 cm³/mol. The summed E-state index contributed by atoms with van der Waals surface area (Å²) >= 11 is 0. The molecular weight excluding hydrogens is 436 g/mol. The Bertz CT molecular complexity index is 926. The third kappa shape index (κ3) is 7.22. The minimum Gasteiger partial charge on any atom is -0.493 e. The first-order chi connectivity index (χ1) is 17.2. The first-order valence-corrected chi connectivity index (χ1v) is 13.7. The maximum atomic E-state index is 9.45. The second-order valence-electron chi connectivity index (χ2n) is 10.3. The third-order valence-corrected chi connectivity index (χ3v) is 7.67. The normalized spacial score (nSPS) is 19.2. The topological polar surface area (TPSA) is 45.2 Å². The molecule has 0 aromatic heterocycles. The highest BCUT2D eigenvalue weighted by Gasteiger charge is 2.19. The minimum atomic E-state index is 0.309. The van der Waals surface area contributed by atoms with Crippen molar-refractivity contribution >= 4 is 0 Å². The maximum Gasteiger partial charge on any atom is 0.122 e. The first-order valence-electron chi connectivity index (χ1n) is 13.7. The highest BCUT2D eigenvalue weighted by molar-refractivity contribution is 5.74. The van der Waals surface area contributed by atoms with Gasteiger partial charge in [0.15, 0.2) is 0 Å². The fourth-order valence-electron chi connectivity index (χ4n) is 5.58. The van der Waals surface area contributed by atoms with Gasteiger partial charge in [0.1, 0.15) is 11.5 Å². The van der Waals surface area contributed by atoms with Crippen LogP contribution in [-0.4, -0.2) is 74.0 Å². The van der Waals surface area contributed by atoms with Gasteiger partial charge in [-0.25, -0.2) is 0 Å². The number of nitrogens with zero attached hydrogens (tertiary/aromatic N) is 2. The summed E-state index contributed by atoms with van der Waals surface area (Å²) < 4.78 is 12.4. The van der Waals surface area contributed by atoms with Crippen molar-refractivity contribution < 1.29 is 14.6 Å². The van der Waals surface area contributed by atoms with E-state index in [2.05, 4.69) is 60.0 Å². The number of likely N-dealkylation sites (tertiary alicyclic amines) is 2. The molecule has 5 nitrogen and oxygen atoms in total. The predicted octanol–water partition coefficient (Wildman–Crippen LogP) is 5.31. The number of benzene rings is 2. The van der Waals surface area contributed by atoms with E-state index in [1.54, 1.807) is 0 Å². The summed E-state index contributed by atoms with van der Waals surface area (Å²) in [5.41, 5.74) is 4.80. The van der Waals surface area contributed by atoms with Gasteiger partial charge in [-0.3, -0.25) is 0 Å². The molecule has 4 rings (SSSR count). The van der Waals surface area contributed by atoms with Crippen LogP contribution in [0.1, 0.15) is 49.7 Å². The molecule has 0 aliphatic carbocycles. The Balaban J connectivity index is 1.31. The smallest absolute Gasteiger partial charge is 0.122 e. The number of hydrogen-bond acceptors (Lipinski definition) is 5. The zero-order valence-electron chi connectivity index (χ0n) is 21.8. The van der Waals surface area contributed by atoms with Crippen LogP contribution in [0.4, 0.5) is 0 Å². The number of rotatable bonds is 12. The Hall–Kier alpha value is -2.08. The second kappa shape index (κ2) is 13.3. The number of ether oxygens (including phenoxy) is 2. The van der Waals surface area contributed by atoms with E-state index in [0.29, 0.717) is 19.1 Å². The van der Waals surface area contributed by atoms with Crippen LogP contribution in [0.2, 0.25) is 0 Å². The molecule has 0 amide bonds. The van der Waals surface area contributed by atoms with Gasteiger partial charge in [-0.15, -0.1) is 0 Å². The molecule has 1 unspecified atom stereocenters. The largest absolute Gasteiger partial charge is 0.493 e. The molecule has 2 fully saturated rings. The Morgan fingerprint density at radius 2 is 1.31 bits per heavy atom. The van der Waals surface area contributed by atoms with Crippen molar-refractivity contribution in [2.75, 3.05) is 59.1 Å². The molecule has 2 saturated heterocycles. The Morgan fingerprint density at radius 3 is 1.89 bits per heavy atom. The highest BCUT2D eigenvalue weighted by Crippen LogP contribution is 2.35. The fourth-order valence-corrected chi connectivity index (χ4v) is 5.58. The fraction of sp³-hybridized carbons (Fsp3) is 0.600. The number of aliphatic hydroxyl groups is 1. The molecule has 2 heterocycles. The lowest BCUT2D eigenvalue weighted by Gasteiger charge is -2.31. The van der Waals surface area contributed by atoms with E-state index in [1.165, 1.54) is 54.6 Å². The molecule has 2 aromatic carbocycles. The highest BCUT2D eigenvalue weighted by atomic mass is 16.5. The van der Waals surface area contributed by atoms with E-state index in [-0.39, 0.29) is 0 Å².